The van der Waals surface area contributed by atoms with Gasteiger partial charge in [0.15, 0.2) is 0 Å². The van der Waals surface area contributed by atoms with E-state index in [4.69, 9.17) is 0 Å². The maximum atomic E-state index is 9.80. The van der Waals surface area contributed by atoms with Crippen LogP contribution in [0.3, 0.4) is 0 Å². The van der Waals surface area contributed by atoms with E-state index in [0.717, 1.165) is 5.56 Å². The zero-order valence-corrected chi connectivity index (χ0v) is 4.74. The van der Waals surface area contributed by atoms with Gasteiger partial charge in [-0.05, 0) is 11.6 Å². The highest BCUT2D eigenvalue weighted by Gasteiger charge is 1.87. The van der Waals surface area contributed by atoms with E-state index in [1.807, 2.05) is 0 Å². The van der Waals surface area contributed by atoms with E-state index in [2.05, 4.69) is 10.2 Å². The summed E-state index contributed by atoms with van der Waals surface area (Å²) in [6.07, 6.45) is 5.16. The quantitative estimate of drug-likeness (QED) is 0.558. The summed E-state index contributed by atoms with van der Waals surface area (Å²) in [5.41, 5.74) is 0.847. The van der Waals surface area contributed by atoms with Gasteiger partial charge in [0, 0.05) is 12.6 Å². The molecule has 0 saturated carbocycles. The van der Waals surface area contributed by atoms with Gasteiger partial charge in [0.2, 0.25) is 6.29 Å². The van der Waals surface area contributed by atoms with Gasteiger partial charge >= 0.3 is 0 Å². The molecule has 0 aliphatic heterocycles. The molecule has 1 radical (unpaired) electrons. The van der Waals surface area contributed by atoms with Crippen LogP contribution in [0.2, 0.25) is 0 Å². The smallest absolute Gasteiger partial charge is 0.203 e. The lowest BCUT2D eigenvalue weighted by Gasteiger charge is -1.86. The molecular weight excluding hydrogens is 116 g/mol. The van der Waals surface area contributed by atoms with E-state index >= 15 is 0 Å². The number of hydrogen-bond acceptors (Lipinski definition) is 3. The Kier molecular flexibility index (Phi) is 1.90. The molecule has 0 aliphatic rings. The highest BCUT2D eigenvalue weighted by molar-refractivity contribution is 5.55. The van der Waals surface area contributed by atoms with Crippen LogP contribution >= 0.6 is 0 Å². The standard InChI is InChI=1S/C6H5N2O/c9-4-2-6-1-3-7-8-5-6/h1,3,5H,2H2. The predicted octanol–water partition coefficient (Wildman–Crippen LogP) is 0.129. The average molecular weight is 121 g/mol. The third-order valence-corrected chi connectivity index (χ3v) is 0.922. The Hall–Kier alpha value is -1.25. The Balaban J connectivity index is 2.72. The number of nitrogens with zero attached hydrogens (tertiary/aromatic N) is 2. The van der Waals surface area contributed by atoms with Crippen LogP contribution in [-0.4, -0.2) is 16.5 Å². The van der Waals surface area contributed by atoms with E-state index in [-0.39, 0.29) is 0 Å². The fourth-order valence-corrected chi connectivity index (χ4v) is 0.506. The van der Waals surface area contributed by atoms with Crippen LogP contribution in [0.4, 0.5) is 0 Å². The van der Waals surface area contributed by atoms with Crippen LogP contribution in [-0.2, 0) is 11.2 Å². The Morgan fingerprint density at radius 1 is 1.56 bits per heavy atom. The van der Waals surface area contributed by atoms with Crippen molar-refractivity contribution in [3.05, 3.63) is 24.0 Å². The summed E-state index contributed by atoms with van der Waals surface area (Å²) in [4.78, 5) is 9.80. The van der Waals surface area contributed by atoms with Crippen LogP contribution in [0.1, 0.15) is 5.56 Å². The normalized spacial score (nSPS) is 8.89. The molecule has 3 heteroatoms. The maximum Gasteiger partial charge on any atom is 0.203 e. The summed E-state index contributed by atoms with van der Waals surface area (Å²) in [7, 11) is 0. The van der Waals surface area contributed by atoms with Gasteiger partial charge in [0.05, 0.1) is 6.20 Å². The lowest BCUT2D eigenvalue weighted by Crippen LogP contribution is -1.87. The molecule has 0 spiro atoms. The van der Waals surface area contributed by atoms with Crippen molar-refractivity contribution in [2.45, 2.75) is 6.42 Å². The molecule has 3 nitrogen and oxygen atoms in total. The van der Waals surface area contributed by atoms with Crippen LogP contribution in [0.25, 0.3) is 0 Å². The summed E-state index contributed by atoms with van der Waals surface area (Å²) in [6, 6.07) is 1.73. The van der Waals surface area contributed by atoms with Gasteiger partial charge in [0.25, 0.3) is 0 Å². The third kappa shape index (κ3) is 1.60. The first-order chi connectivity index (χ1) is 4.43. The molecule has 0 aromatic carbocycles. The minimum absolute atomic E-state index is 0.301. The summed E-state index contributed by atoms with van der Waals surface area (Å²) >= 11 is 0. The van der Waals surface area contributed by atoms with Gasteiger partial charge in [-0.25, -0.2) is 0 Å². The molecule has 9 heavy (non-hydrogen) atoms. The molecule has 0 bridgehead atoms. The summed E-state index contributed by atoms with van der Waals surface area (Å²) in [5, 5.41) is 7.12. The van der Waals surface area contributed by atoms with Crippen LogP contribution in [0, 0.1) is 0 Å². The van der Waals surface area contributed by atoms with E-state index < -0.39 is 0 Å². The van der Waals surface area contributed by atoms with Crippen LogP contribution < -0.4 is 0 Å². The van der Waals surface area contributed by atoms with Gasteiger partial charge in [-0.1, -0.05) is 0 Å². The minimum Gasteiger partial charge on any atom is -0.291 e. The maximum absolute atomic E-state index is 9.80. The van der Waals surface area contributed by atoms with Crippen molar-refractivity contribution in [1.82, 2.24) is 10.2 Å². The van der Waals surface area contributed by atoms with Crippen molar-refractivity contribution in [2.75, 3.05) is 0 Å². The second kappa shape index (κ2) is 2.91. The molecule has 1 aromatic rings. The second-order valence-corrected chi connectivity index (χ2v) is 1.57. The molecule has 1 aromatic heterocycles. The van der Waals surface area contributed by atoms with Crippen LogP contribution in [0.15, 0.2) is 18.5 Å². The Morgan fingerprint density at radius 2 is 2.44 bits per heavy atom. The molecular formula is C6H5N2O. The highest BCUT2D eigenvalue weighted by Crippen LogP contribution is 1.91. The summed E-state index contributed by atoms with van der Waals surface area (Å²) in [6.45, 7) is 0. The number of hydrogen-bond donors (Lipinski definition) is 0. The van der Waals surface area contributed by atoms with E-state index in [1.54, 1.807) is 24.7 Å². The monoisotopic (exact) mass is 121 g/mol. The van der Waals surface area contributed by atoms with Crippen molar-refractivity contribution in [3.63, 3.8) is 0 Å². The Bertz CT molecular complexity index is 186. The largest absolute Gasteiger partial charge is 0.291 e. The first-order valence-electron chi connectivity index (χ1n) is 2.54. The van der Waals surface area contributed by atoms with Crippen molar-refractivity contribution >= 4 is 6.29 Å². The zero-order chi connectivity index (χ0) is 6.53. The Labute approximate surface area is 52.7 Å². The van der Waals surface area contributed by atoms with Gasteiger partial charge < -0.3 is 0 Å². The van der Waals surface area contributed by atoms with Crippen molar-refractivity contribution in [3.8, 4) is 0 Å². The SMILES string of the molecule is O=[C]Cc1ccnnc1. The van der Waals surface area contributed by atoms with Crippen LogP contribution in [0.5, 0.6) is 0 Å². The Morgan fingerprint density at radius 3 is 3.00 bits per heavy atom. The van der Waals surface area contributed by atoms with Gasteiger partial charge in [-0.15, -0.1) is 0 Å². The molecule has 0 atom stereocenters. The molecule has 0 fully saturated rings. The number of aromatic nitrogens is 2. The summed E-state index contributed by atoms with van der Waals surface area (Å²) < 4.78 is 0. The predicted molar refractivity (Wildman–Crippen MR) is 31.4 cm³/mol. The first-order valence-corrected chi connectivity index (χ1v) is 2.54. The van der Waals surface area contributed by atoms with E-state index in [9.17, 15) is 4.79 Å². The van der Waals surface area contributed by atoms with E-state index in [1.165, 1.54) is 0 Å². The third-order valence-electron chi connectivity index (χ3n) is 0.922. The molecule has 1 heterocycles. The molecule has 0 saturated heterocycles. The molecule has 1 rings (SSSR count). The van der Waals surface area contributed by atoms with Gasteiger partial charge in [0.1, 0.15) is 0 Å². The topological polar surface area (TPSA) is 42.9 Å². The molecule has 0 aliphatic carbocycles. The van der Waals surface area contributed by atoms with Gasteiger partial charge in [-0.3, -0.25) is 4.79 Å². The lowest BCUT2D eigenvalue weighted by atomic mass is 10.2. The first kappa shape index (κ1) is 5.88. The number of rotatable bonds is 2. The summed E-state index contributed by atoms with van der Waals surface area (Å²) in [5.74, 6) is 0. The number of carbonyl (C=O) groups excluding carboxylic acids is 1. The second-order valence-electron chi connectivity index (χ2n) is 1.57. The average Bonchev–Trinajstić information content (AvgIpc) is 1.91. The van der Waals surface area contributed by atoms with Crippen molar-refractivity contribution in [1.29, 1.82) is 0 Å². The minimum atomic E-state index is 0.301. The highest BCUT2D eigenvalue weighted by atomic mass is 16.1. The molecule has 45 valence electrons. The fraction of sp³-hybridized carbons (Fsp3) is 0.167. The lowest BCUT2D eigenvalue weighted by molar-refractivity contribution is 0.555. The molecule has 0 amide bonds. The van der Waals surface area contributed by atoms with Crippen molar-refractivity contribution in [2.24, 2.45) is 0 Å². The fourth-order valence-electron chi connectivity index (χ4n) is 0.506. The molecule has 0 N–H and O–H groups in total. The van der Waals surface area contributed by atoms with Crippen molar-refractivity contribution < 1.29 is 4.79 Å². The zero-order valence-electron chi connectivity index (χ0n) is 4.74. The van der Waals surface area contributed by atoms with Gasteiger partial charge in [-0.2, -0.15) is 10.2 Å². The van der Waals surface area contributed by atoms with E-state index in [0.29, 0.717) is 6.42 Å². The molecule has 0 unspecified atom stereocenters.